The first-order valence-corrected chi connectivity index (χ1v) is 7.69. The minimum atomic E-state index is -0.398. The molecular weight excluding hydrogens is 288 g/mol. The zero-order chi connectivity index (χ0) is 15.2. The lowest BCUT2D eigenvalue weighted by atomic mass is 10.1. The summed E-state index contributed by atoms with van der Waals surface area (Å²) in [6.07, 6.45) is 0.827. The average Bonchev–Trinajstić information content (AvgIpc) is 2.91. The van der Waals surface area contributed by atoms with E-state index in [4.69, 9.17) is 4.74 Å². The van der Waals surface area contributed by atoms with Gasteiger partial charge in [-0.1, -0.05) is 12.1 Å². The third kappa shape index (κ3) is 3.95. The van der Waals surface area contributed by atoms with Gasteiger partial charge in [0.15, 0.2) is 5.75 Å². The predicted molar refractivity (Wildman–Crippen MR) is 85.4 cm³/mol. The van der Waals surface area contributed by atoms with Gasteiger partial charge in [-0.15, -0.1) is 11.3 Å². The van der Waals surface area contributed by atoms with Crippen molar-refractivity contribution in [1.29, 1.82) is 0 Å². The van der Waals surface area contributed by atoms with Crippen molar-refractivity contribution in [1.82, 2.24) is 0 Å². The number of anilines is 1. The molecular formula is C15H18N2O3S. The van der Waals surface area contributed by atoms with Crippen LogP contribution in [0, 0.1) is 10.1 Å². The van der Waals surface area contributed by atoms with Crippen LogP contribution >= 0.6 is 11.3 Å². The molecule has 0 aliphatic carbocycles. The van der Waals surface area contributed by atoms with Crippen LogP contribution in [0.2, 0.25) is 0 Å². The van der Waals surface area contributed by atoms with E-state index in [2.05, 4.69) is 11.4 Å². The van der Waals surface area contributed by atoms with Crippen LogP contribution in [-0.4, -0.2) is 17.6 Å². The number of nitro groups is 1. The van der Waals surface area contributed by atoms with Gasteiger partial charge in [0.1, 0.15) is 5.69 Å². The van der Waals surface area contributed by atoms with Gasteiger partial charge in [0.25, 0.3) is 0 Å². The van der Waals surface area contributed by atoms with Gasteiger partial charge < -0.3 is 10.1 Å². The van der Waals surface area contributed by atoms with Crippen LogP contribution in [0.15, 0.2) is 35.7 Å². The second-order valence-electron chi connectivity index (χ2n) is 4.67. The molecule has 0 fully saturated rings. The summed E-state index contributed by atoms with van der Waals surface area (Å²) >= 11 is 1.69. The Kier molecular flexibility index (Phi) is 5.16. The van der Waals surface area contributed by atoms with Crippen molar-refractivity contribution in [2.24, 2.45) is 0 Å². The van der Waals surface area contributed by atoms with Crippen molar-refractivity contribution in [2.75, 3.05) is 11.9 Å². The summed E-state index contributed by atoms with van der Waals surface area (Å²) in [4.78, 5) is 12.2. The van der Waals surface area contributed by atoms with Crippen molar-refractivity contribution in [2.45, 2.75) is 26.3 Å². The molecule has 2 aromatic rings. The Morgan fingerprint density at radius 1 is 1.38 bits per heavy atom. The van der Waals surface area contributed by atoms with Gasteiger partial charge in [0, 0.05) is 17.3 Å². The fourth-order valence-corrected chi connectivity index (χ4v) is 2.98. The van der Waals surface area contributed by atoms with Crippen molar-refractivity contribution in [3.05, 3.63) is 50.7 Å². The van der Waals surface area contributed by atoms with Crippen molar-refractivity contribution in [3.8, 4) is 5.75 Å². The zero-order valence-electron chi connectivity index (χ0n) is 12.0. The van der Waals surface area contributed by atoms with E-state index < -0.39 is 4.92 Å². The number of rotatable bonds is 7. The second kappa shape index (κ2) is 7.08. The first-order valence-electron chi connectivity index (χ1n) is 6.81. The molecule has 5 nitrogen and oxygen atoms in total. The average molecular weight is 306 g/mol. The summed E-state index contributed by atoms with van der Waals surface area (Å²) in [5.41, 5.74) is 0.493. The normalized spacial score (nSPS) is 11.9. The van der Waals surface area contributed by atoms with Crippen LogP contribution in [0.4, 0.5) is 11.4 Å². The second-order valence-corrected chi connectivity index (χ2v) is 5.70. The number of hydrogen-bond acceptors (Lipinski definition) is 5. The standard InChI is InChI=1S/C15H18N2O3S/c1-3-20-14-8-4-7-13(15(14)17(18)19)16-11(2)10-12-6-5-9-21-12/h4-9,11,16H,3,10H2,1-2H3. The highest BCUT2D eigenvalue weighted by molar-refractivity contribution is 7.09. The molecule has 112 valence electrons. The molecule has 1 aromatic heterocycles. The van der Waals surface area contributed by atoms with Gasteiger partial charge in [-0.25, -0.2) is 0 Å². The van der Waals surface area contributed by atoms with Gasteiger partial charge in [-0.05, 0) is 37.4 Å². The van der Waals surface area contributed by atoms with E-state index in [9.17, 15) is 10.1 Å². The number of benzene rings is 1. The van der Waals surface area contributed by atoms with E-state index in [-0.39, 0.29) is 11.7 Å². The largest absolute Gasteiger partial charge is 0.487 e. The molecule has 1 atom stereocenters. The Morgan fingerprint density at radius 2 is 2.19 bits per heavy atom. The molecule has 0 spiro atoms. The van der Waals surface area contributed by atoms with Crippen LogP contribution in [-0.2, 0) is 6.42 Å². The number of nitrogens with one attached hydrogen (secondary N) is 1. The SMILES string of the molecule is CCOc1cccc(NC(C)Cc2cccs2)c1[N+](=O)[O-]. The third-order valence-electron chi connectivity index (χ3n) is 2.97. The number of thiophene rings is 1. The molecule has 0 bridgehead atoms. The van der Waals surface area contributed by atoms with Crippen molar-refractivity contribution in [3.63, 3.8) is 0 Å². The van der Waals surface area contributed by atoms with Crippen LogP contribution in [0.5, 0.6) is 5.75 Å². The number of para-hydroxylation sites is 1. The van der Waals surface area contributed by atoms with E-state index in [0.29, 0.717) is 18.0 Å². The Balaban J connectivity index is 2.18. The topological polar surface area (TPSA) is 64.4 Å². The summed E-state index contributed by atoms with van der Waals surface area (Å²) in [7, 11) is 0. The molecule has 2 rings (SSSR count). The summed E-state index contributed by atoms with van der Waals surface area (Å²) in [6.45, 7) is 4.22. The lowest BCUT2D eigenvalue weighted by molar-refractivity contribution is -0.385. The van der Waals surface area contributed by atoms with Gasteiger partial charge >= 0.3 is 5.69 Å². The maximum Gasteiger partial charge on any atom is 0.333 e. The maximum atomic E-state index is 11.3. The molecule has 0 aliphatic heterocycles. The summed E-state index contributed by atoms with van der Waals surface area (Å²) < 4.78 is 5.35. The van der Waals surface area contributed by atoms with E-state index in [1.807, 2.05) is 25.3 Å². The lowest BCUT2D eigenvalue weighted by Gasteiger charge is -2.15. The first kappa shape index (κ1) is 15.3. The Bertz CT molecular complexity index is 599. The van der Waals surface area contributed by atoms with Gasteiger partial charge in [-0.2, -0.15) is 0 Å². The van der Waals surface area contributed by atoms with Crippen LogP contribution in [0.3, 0.4) is 0 Å². The molecule has 1 heterocycles. The van der Waals surface area contributed by atoms with E-state index >= 15 is 0 Å². The highest BCUT2D eigenvalue weighted by Crippen LogP contribution is 2.35. The number of hydrogen-bond donors (Lipinski definition) is 1. The number of nitrogens with zero attached hydrogens (tertiary/aromatic N) is 1. The smallest absolute Gasteiger partial charge is 0.333 e. The molecule has 0 amide bonds. The van der Waals surface area contributed by atoms with Crippen LogP contribution in [0.1, 0.15) is 18.7 Å². The summed E-state index contributed by atoms with van der Waals surface area (Å²) in [5.74, 6) is 0.302. The fraction of sp³-hybridized carbons (Fsp3) is 0.333. The highest BCUT2D eigenvalue weighted by atomic mass is 32.1. The predicted octanol–water partition coefficient (Wildman–Crippen LogP) is 4.10. The first-order chi connectivity index (χ1) is 10.1. The van der Waals surface area contributed by atoms with Crippen molar-refractivity contribution < 1.29 is 9.66 Å². The van der Waals surface area contributed by atoms with Crippen LogP contribution < -0.4 is 10.1 Å². The monoisotopic (exact) mass is 306 g/mol. The molecule has 1 N–H and O–H groups in total. The number of nitro benzene ring substituents is 1. The van der Waals surface area contributed by atoms with Gasteiger partial charge in [0.05, 0.1) is 11.5 Å². The Morgan fingerprint density at radius 3 is 2.81 bits per heavy atom. The fourth-order valence-electron chi connectivity index (χ4n) is 2.15. The lowest BCUT2D eigenvalue weighted by Crippen LogP contribution is -2.18. The third-order valence-corrected chi connectivity index (χ3v) is 3.87. The summed E-state index contributed by atoms with van der Waals surface area (Å²) in [5, 5.41) is 16.5. The minimum absolute atomic E-state index is 0.00243. The molecule has 0 aliphatic rings. The quantitative estimate of drug-likeness (QED) is 0.618. The van der Waals surface area contributed by atoms with E-state index in [1.165, 1.54) is 4.88 Å². The molecule has 0 saturated heterocycles. The maximum absolute atomic E-state index is 11.3. The molecule has 0 radical (unpaired) electrons. The van der Waals surface area contributed by atoms with E-state index in [0.717, 1.165) is 6.42 Å². The molecule has 1 aromatic carbocycles. The molecule has 6 heteroatoms. The Labute approximate surface area is 127 Å². The van der Waals surface area contributed by atoms with E-state index in [1.54, 1.807) is 29.5 Å². The van der Waals surface area contributed by atoms with Crippen molar-refractivity contribution >= 4 is 22.7 Å². The molecule has 1 unspecified atom stereocenters. The Hall–Kier alpha value is -2.08. The number of ether oxygens (including phenoxy) is 1. The minimum Gasteiger partial charge on any atom is -0.487 e. The summed E-state index contributed by atoms with van der Waals surface area (Å²) in [6, 6.07) is 9.26. The van der Waals surface area contributed by atoms with Crippen LogP contribution in [0.25, 0.3) is 0 Å². The van der Waals surface area contributed by atoms with Gasteiger partial charge in [0.2, 0.25) is 0 Å². The molecule has 21 heavy (non-hydrogen) atoms. The van der Waals surface area contributed by atoms with Gasteiger partial charge in [-0.3, -0.25) is 10.1 Å². The zero-order valence-corrected chi connectivity index (χ0v) is 12.9. The molecule has 0 saturated carbocycles. The highest BCUT2D eigenvalue weighted by Gasteiger charge is 2.21.